The number of rotatable bonds is 9. The number of carboxylic acids is 1. The molecular weight excluding hydrogens is 411 g/mol. The van der Waals surface area contributed by atoms with Crippen LogP contribution in [0.1, 0.15) is 31.4 Å². The van der Waals surface area contributed by atoms with Crippen LogP contribution in [-0.2, 0) is 4.79 Å². The molecule has 7 heteroatoms. The highest BCUT2D eigenvalue weighted by Crippen LogP contribution is 2.32. The normalized spacial score (nSPS) is 10.9. The van der Waals surface area contributed by atoms with Gasteiger partial charge >= 0.3 is 5.97 Å². The summed E-state index contributed by atoms with van der Waals surface area (Å²) in [7, 11) is 0. The summed E-state index contributed by atoms with van der Waals surface area (Å²) in [6.07, 6.45) is 2.50. The zero-order valence-electron chi connectivity index (χ0n) is 16.0. The molecule has 5 nitrogen and oxygen atoms in total. The highest BCUT2D eigenvalue weighted by atomic mass is 35.5. The maximum Gasteiger partial charge on any atom is 0.303 e. The molecule has 29 heavy (non-hydrogen) atoms. The third-order valence-electron chi connectivity index (χ3n) is 4.41. The Labute approximate surface area is 179 Å². The molecule has 0 saturated carbocycles. The van der Waals surface area contributed by atoms with Crippen molar-refractivity contribution in [2.24, 2.45) is 0 Å². The number of carboxylic acid groups (broad SMARTS) is 1. The average Bonchev–Trinajstić information content (AvgIpc) is 2.67. The van der Waals surface area contributed by atoms with E-state index in [-0.39, 0.29) is 6.42 Å². The Morgan fingerprint density at radius 2 is 1.90 bits per heavy atom. The number of fused-ring (bicyclic) bond motifs is 1. The van der Waals surface area contributed by atoms with Crippen molar-refractivity contribution in [2.45, 2.75) is 32.6 Å². The second-order valence-corrected chi connectivity index (χ2v) is 7.61. The zero-order chi connectivity index (χ0) is 20.8. The molecule has 1 heterocycles. The van der Waals surface area contributed by atoms with Gasteiger partial charge < -0.3 is 15.2 Å². The van der Waals surface area contributed by atoms with Crippen LogP contribution in [0.25, 0.3) is 10.9 Å². The van der Waals surface area contributed by atoms with Crippen LogP contribution >= 0.6 is 23.2 Å². The monoisotopic (exact) mass is 432 g/mol. The molecule has 1 aromatic heterocycles. The Kier molecular flexibility index (Phi) is 7.18. The summed E-state index contributed by atoms with van der Waals surface area (Å²) >= 11 is 12.1. The fourth-order valence-electron chi connectivity index (χ4n) is 3.00. The lowest BCUT2D eigenvalue weighted by Crippen LogP contribution is -2.00. The average molecular weight is 433 g/mol. The highest BCUT2D eigenvalue weighted by Gasteiger charge is 2.08. The zero-order valence-corrected chi connectivity index (χ0v) is 17.6. The molecule has 0 radical (unpaired) electrons. The number of unbranched alkanes of at least 4 members (excludes halogenated alkanes) is 2. The highest BCUT2D eigenvalue weighted by molar-refractivity contribution is 6.42. The Morgan fingerprint density at radius 3 is 2.66 bits per heavy atom. The van der Waals surface area contributed by atoms with E-state index < -0.39 is 5.97 Å². The number of anilines is 2. The lowest BCUT2D eigenvalue weighted by atomic mass is 10.1. The second kappa shape index (κ2) is 9.81. The second-order valence-electron chi connectivity index (χ2n) is 6.80. The molecule has 3 rings (SSSR count). The van der Waals surface area contributed by atoms with Crippen LogP contribution in [0.15, 0.2) is 42.5 Å². The maximum atomic E-state index is 10.5. The predicted molar refractivity (Wildman–Crippen MR) is 118 cm³/mol. The van der Waals surface area contributed by atoms with Gasteiger partial charge in [0.15, 0.2) is 0 Å². The van der Waals surface area contributed by atoms with Gasteiger partial charge in [0.2, 0.25) is 0 Å². The summed E-state index contributed by atoms with van der Waals surface area (Å²) in [5.74, 6) is -0.0104. The summed E-state index contributed by atoms with van der Waals surface area (Å²) in [5, 5.41) is 14.0. The van der Waals surface area contributed by atoms with Crippen molar-refractivity contribution < 1.29 is 14.6 Å². The standard InChI is InChI=1S/C22H22Cl2N2O3/c1-14-11-21(26-15-6-8-18(23)19(24)12-15)17-13-16(7-9-20(17)25-14)29-10-4-2-3-5-22(27)28/h6-9,11-13H,2-5,10H2,1H3,(H,25,26)(H,27,28). The molecule has 0 aliphatic carbocycles. The van der Waals surface area contributed by atoms with Crippen LogP contribution in [0, 0.1) is 6.92 Å². The Morgan fingerprint density at radius 1 is 1.07 bits per heavy atom. The van der Waals surface area contributed by atoms with E-state index in [4.69, 9.17) is 33.0 Å². The Bertz CT molecular complexity index is 1020. The summed E-state index contributed by atoms with van der Waals surface area (Å²) in [6.45, 7) is 2.49. The van der Waals surface area contributed by atoms with E-state index in [0.29, 0.717) is 23.1 Å². The minimum Gasteiger partial charge on any atom is -0.494 e. The van der Waals surface area contributed by atoms with Gasteiger partial charge in [0.25, 0.3) is 0 Å². The topological polar surface area (TPSA) is 71.5 Å². The number of hydrogen-bond acceptors (Lipinski definition) is 4. The van der Waals surface area contributed by atoms with Gasteiger partial charge in [-0.2, -0.15) is 0 Å². The molecular formula is C22H22Cl2N2O3. The van der Waals surface area contributed by atoms with Crippen molar-refractivity contribution in [1.29, 1.82) is 0 Å². The van der Waals surface area contributed by atoms with Gasteiger partial charge in [-0.25, -0.2) is 0 Å². The van der Waals surface area contributed by atoms with Gasteiger partial charge in [-0.15, -0.1) is 0 Å². The number of benzene rings is 2. The minimum atomic E-state index is -0.759. The Hall–Kier alpha value is -2.50. The first-order chi connectivity index (χ1) is 13.9. The molecule has 0 saturated heterocycles. The van der Waals surface area contributed by atoms with Gasteiger partial charge in [0, 0.05) is 28.9 Å². The molecule has 0 aliphatic rings. The van der Waals surface area contributed by atoms with Crippen molar-refractivity contribution in [3.63, 3.8) is 0 Å². The van der Waals surface area contributed by atoms with Crippen LogP contribution in [0.4, 0.5) is 11.4 Å². The molecule has 0 spiro atoms. The quantitative estimate of drug-likeness (QED) is 0.371. The van der Waals surface area contributed by atoms with E-state index >= 15 is 0 Å². The lowest BCUT2D eigenvalue weighted by molar-refractivity contribution is -0.137. The molecule has 152 valence electrons. The number of nitrogens with zero attached hydrogens (tertiary/aromatic N) is 1. The number of aryl methyl sites for hydroxylation is 1. The fraction of sp³-hybridized carbons (Fsp3) is 0.273. The summed E-state index contributed by atoms with van der Waals surface area (Å²) in [6, 6.07) is 13.2. The van der Waals surface area contributed by atoms with Crippen molar-refractivity contribution in [1.82, 2.24) is 4.98 Å². The van der Waals surface area contributed by atoms with Gasteiger partial charge in [-0.1, -0.05) is 23.2 Å². The van der Waals surface area contributed by atoms with Crippen molar-refractivity contribution in [3.05, 3.63) is 58.2 Å². The number of aromatic nitrogens is 1. The molecule has 2 aromatic carbocycles. The van der Waals surface area contributed by atoms with Crippen molar-refractivity contribution >= 4 is 51.4 Å². The number of halogens is 2. The first-order valence-corrected chi connectivity index (χ1v) is 10.2. The lowest BCUT2D eigenvalue weighted by Gasteiger charge is -2.13. The summed E-state index contributed by atoms with van der Waals surface area (Å²) < 4.78 is 5.85. The number of aliphatic carboxylic acids is 1. The van der Waals surface area contributed by atoms with Crippen LogP contribution in [0.5, 0.6) is 5.75 Å². The number of hydrogen-bond donors (Lipinski definition) is 2. The summed E-state index contributed by atoms with van der Waals surface area (Å²) in [4.78, 5) is 15.1. The van der Waals surface area contributed by atoms with E-state index in [2.05, 4.69) is 10.3 Å². The predicted octanol–water partition coefficient (Wildman–Crippen LogP) is 6.62. The van der Waals surface area contributed by atoms with E-state index in [1.54, 1.807) is 12.1 Å². The van der Waals surface area contributed by atoms with E-state index in [0.717, 1.165) is 46.6 Å². The maximum absolute atomic E-state index is 10.5. The summed E-state index contributed by atoms with van der Waals surface area (Å²) in [5.41, 5.74) is 3.49. The van der Waals surface area contributed by atoms with Crippen LogP contribution in [-0.4, -0.2) is 22.7 Å². The minimum absolute atomic E-state index is 0.199. The number of pyridine rings is 1. The van der Waals surface area contributed by atoms with E-state index in [1.807, 2.05) is 37.3 Å². The Balaban J connectivity index is 1.74. The number of carbonyl (C=O) groups is 1. The van der Waals surface area contributed by atoms with Crippen molar-refractivity contribution in [2.75, 3.05) is 11.9 Å². The van der Waals surface area contributed by atoms with Crippen LogP contribution in [0.3, 0.4) is 0 Å². The molecule has 0 bridgehead atoms. The first-order valence-electron chi connectivity index (χ1n) is 9.40. The molecule has 0 fully saturated rings. The molecule has 0 amide bonds. The van der Waals surface area contributed by atoms with Gasteiger partial charge in [-0.05, 0) is 68.7 Å². The SMILES string of the molecule is Cc1cc(Nc2ccc(Cl)c(Cl)c2)c2cc(OCCCCCC(=O)O)ccc2n1. The smallest absolute Gasteiger partial charge is 0.303 e. The molecule has 3 aromatic rings. The third kappa shape index (κ3) is 5.99. The number of ether oxygens (including phenoxy) is 1. The number of nitrogens with one attached hydrogen (secondary N) is 1. The van der Waals surface area contributed by atoms with Gasteiger partial charge in [0.1, 0.15) is 5.75 Å². The fourth-order valence-corrected chi connectivity index (χ4v) is 3.30. The van der Waals surface area contributed by atoms with Crippen molar-refractivity contribution in [3.8, 4) is 5.75 Å². The largest absolute Gasteiger partial charge is 0.494 e. The first kappa shape index (κ1) is 21.2. The third-order valence-corrected chi connectivity index (χ3v) is 5.15. The van der Waals surface area contributed by atoms with E-state index in [9.17, 15) is 4.79 Å². The molecule has 0 unspecified atom stereocenters. The molecule has 0 aliphatic heterocycles. The molecule has 2 N–H and O–H groups in total. The van der Waals surface area contributed by atoms with Crippen LogP contribution in [0.2, 0.25) is 10.0 Å². The van der Waals surface area contributed by atoms with Gasteiger partial charge in [-0.3, -0.25) is 9.78 Å². The van der Waals surface area contributed by atoms with E-state index in [1.165, 1.54) is 0 Å². The van der Waals surface area contributed by atoms with Gasteiger partial charge in [0.05, 0.1) is 22.2 Å². The van der Waals surface area contributed by atoms with Crippen LogP contribution < -0.4 is 10.1 Å². The molecule has 0 atom stereocenters.